The summed E-state index contributed by atoms with van der Waals surface area (Å²) in [6.07, 6.45) is 1.10. The fourth-order valence-electron chi connectivity index (χ4n) is 4.27. The van der Waals surface area contributed by atoms with Gasteiger partial charge in [0.25, 0.3) is 0 Å². The van der Waals surface area contributed by atoms with Gasteiger partial charge in [0.2, 0.25) is 0 Å². The highest BCUT2D eigenvalue weighted by Gasteiger charge is 2.24. The lowest BCUT2D eigenvalue weighted by atomic mass is 9.99. The molecule has 0 amide bonds. The Balaban J connectivity index is 0.00000256. The minimum Gasteiger partial charge on any atom is -0.772 e. The van der Waals surface area contributed by atoms with Crippen LogP contribution >= 0.6 is 12.4 Å². The molecule has 3 aromatic rings. The number of benzene rings is 3. The van der Waals surface area contributed by atoms with Crippen molar-refractivity contribution in [1.29, 1.82) is 0 Å². The zero-order chi connectivity index (χ0) is 20.4. The summed E-state index contributed by atoms with van der Waals surface area (Å²) >= 11 is -2.08. The van der Waals surface area contributed by atoms with E-state index >= 15 is 0 Å². The number of rotatable bonds is 6. The summed E-state index contributed by atoms with van der Waals surface area (Å²) in [6, 6.07) is 23.7. The molecule has 3 aromatic carbocycles. The molecular weight excluding hydrogens is 416 g/mol. The third kappa shape index (κ3) is 4.86. The molecule has 1 saturated heterocycles. The molecule has 4 nitrogen and oxygen atoms in total. The molecule has 0 spiro atoms. The molecule has 1 N–H and O–H groups in total. The Morgan fingerprint density at radius 3 is 2.47 bits per heavy atom. The molecule has 4 atom stereocenters. The molecule has 30 heavy (non-hydrogen) atoms. The minimum absolute atomic E-state index is 0. The van der Waals surface area contributed by atoms with Gasteiger partial charge in [-0.2, -0.15) is 0 Å². The molecule has 0 aromatic heterocycles. The summed E-state index contributed by atoms with van der Waals surface area (Å²) in [6.45, 7) is 5.91. The molecule has 3 unspecified atom stereocenters. The van der Waals surface area contributed by atoms with Gasteiger partial charge in [-0.15, -0.1) is 12.4 Å². The van der Waals surface area contributed by atoms with Gasteiger partial charge < -0.3 is 14.8 Å². The largest absolute Gasteiger partial charge is 0.772 e. The third-order valence-corrected chi connectivity index (χ3v) is 6.83. The van der Waals surface area contributed by atoms with Crippen molar-refractivity contribution < 1.29 is 8.76 Å². The molecule has 1 aliphatic heterocycles. The maximum atomic E-state index is 11.2. The van der Waals surface area contributed by atoms with Crippen LogP contribution in [0.15, 0.2) is 66.7 Å². The molecule has 6 heteroatoms. The number of nitrogens with zero attached hydrogens (tertiary/aromatic N) is 1. The van der Waals surface area contributed by atoms with Crippen LogP contribution in [0.3, 0.4) is 0 Å². The first kappa shape index (κ1) is 22.8. The van der Waals surface area contributed by atoms with E-state index in [-0.39, 0.29) is 18.4 Å². The molecule has 0 radical (unpaired) electrons. The Morgan fingerprint density at radius 2 is 1.73 bits per heavy atom. The number of nitrogens with one attached hydrogen (secondary N) is 1. The average molecular weight is 444 g/mol. The van der Waals surface area contributed by atoms with Gasteiger partial charge in [-0.25, -0.2) is 0 Å². The average Bonchev–Trinajstić information content (AvgIpc) is 3.21. The van der Waals surface area contributed by atoms with Crippen molar-refractivity contribution in [1.82, 2.24) is 5.32 Å². The molecule has 0 bridgehead atoms. The van der Waals surface area contributed by atoms with Crippen molar-refractivity contribution >= 4 is 39.9 Å². The summed E-state index contributed by atoms with van der Waals surface area (Å²) in [5.74, 6) is 0. The monoisotopic (exact) mass is 443 g/mol. The molecular formula is C24H28ClN2O2S-. The Labute approximate surface area is 187 Å². The number of hydrogen-bond donors (Lipinski definition) is 1. The van der Waals surface area contributed by atoms with E-state index in [1.165, 1.54) is 16.3 Å². The smallest absolute Gasteiger partial charge is 0.0436 e. The number of halogens is 1. The lowest BCUT2D eigenvalue weighted by molar-refractivity contribution is 0.483. The summed E-state index contributed by atoms with van der Waals surface area (Å²) < 4.78 is 22.3. The fourth-order valence-corrected chi connectivity index (χ4v) is 4.65. The topological polar surface area (TPSA) is 55.4 Å². The van der Waals surface area contributed by atoms with Crippen LogP contribution in [-0.2, 0) is 11.1 Å². The maximum absolute atomic E-state index is 11.2. The Bertz CT molecular complexity index is 1010. The predicted octanol–water partition coefficient (Wildman–Crippen LogP) is 5.13. The van der Waals surface area contributed by atoms with Crippen LogP contribution in [0.5, 0.6) is 0 Å². The highest BCUT2D eigenvalue weighted by atomic mass is 35.5. The van der Waals surface area contributed by atoms with Crippen molar-refractivity contribution in [3.8, 4) is 0 Å². The fraction of sp³-hybridized carbons (Fsp3) is 0.333. The zero-order valence-corrected chi connectivity index (χ0v) is 18.9. The van der Waals surface area contributed by atoms with Crippen LogP contribution in [-0.4, -0.2) is 27.9 Å². The SMILES string of the molecule is CC(c1ccc(N2CCC(N[C@H](C)c3cccc4ccccc34)C2)cc1)S(=O)[O-].Cl. The molecule has 0 aliphatic carbocycles. The van der Waals surface area contributed by atoms with Gasteiger partial charge in [0, 0.05) is 36.1 Å². The molecule has 1 heterocycles. The van der Waals surface area contributed by atoms with E-state index in [1.807, 2.05) is 24.3 Å². The first-order valence-corrected chi connectivity index (χ1v) is 11.3. The minimum atomic E-state index is -2.08. The maximum Gasteiger partial charge on any atom is 0.0436 e. The van der Waals surface area contributed by atoms with Crippen LogP contribution in [0.4, 0.5) is 5.69 Å². The molecule has 0 saturated carbocycles. The van der Waals surface area contributed by atoms with Gasteiger partial charge in [-0.05, 0) is 65.4 Å². The zero-order valence-electron chi connectivity index (χ0n) is 17.3. The third-order valence-electron chi connectivity index (χ3n) is 5.98. The van der Waals surface area contributed by atoms with Crippen LogP contribution in [0.2, 0.25) is 0 Å². The first-order valence-electron chi connectivity index (χ1n) is 10.2. The molecule has 1 fully saturated rings. The van der Waals surface area contributed by atoms with Gasteiger partial charge in [-0.1, -0.05) is 54.6 Å². The Morgan fingerprint density at radius 1 is 1.03 bits per heavy atom. The van der Waals surface area contributed by atoms with E-state index < -0.39 is 16.3 Å². The van der Waals surface area contributed by atoms with E-state index in [9.17, 15) is 8.76 Å². The van der Waals surface area contributed by atoms with Crippen molar-refractivity contribution in [2.75, 3.05) is 18.0 Å². The number of fused-ring (bicyclic) bond motifs is 1. The summed E-state index contributed by atoms with van der Waals surface area (Å²) in [4.78, 5) is 2.37. The predicted molar refractivity (Wildman–Crippen MR) is 127 cm³/mol. The van der Waals surface area contributed by atoms with E-state index in [0.29, 0.717) is 6.04 Å². The Hall–Kier alpha value is -1.92. The quantitative estimate of drug-likeness (QED) is 0.536. The lowest BCUT2D eigenvalue weighted by Gasteiger charge is -2.23. The van der Waals surface area contributed by atoms with Crippen molar-refractivity contribution in [3.05, 3.63) is 77.9 Å². The highest BCUT2D eigenvalue weighted by molar-refractivity contribution is 7.79. The van der Waals surface area contributed by atoms with Crippen molar-refractivity contribution in [2.45, 2.75) is 37.6 Å². The van der Waals surface area contributed by atoms with Gasteiger partial charge in [0.15, 0.2) is 0 Å². The molecule has 1 aliphatic rings. The van der Waals surface area contributed by atoms with Crippen LogP contribution in [0, 0.1) is 0 Å². The number of hydrogen-bond acceptors (Lipinski definition) is 4. The van der Waals surface area contributed by atoms with Crippen LogP contribution in [0.25, 0.3) is 10.8 Å². The van der Waals surface area contributed by atoms with Gasteiger partial charge >= 0.3 is 0 Å². The summed E-state index contributed by atoms with van der Waals surface area (Å²) in [5, 5.41) is 5.92. The number of anilines is 1. The Kier molecular flexibility index (Phi) is 7.53. The second kappa shape index (κ2) is 9.92. The van der Waals surface area contributed by atoms with E-state index in [4.69, 9.17) is 0 Å². The van der Waals surface area contributed by atoms with Gasteiger partial charge in [-0.3, -0.25) is 4.21 Å². The van der Waals surface area contributed by atoms with E-state index in [1.54, 1.807) is 6.92 Å². The highest BCUT2D eigenvalue weighted by Crippen LogP contribution is 2.28. The normalized spacial score (nSPS) is 19.3. The van der Waals surface area contributed by atoms with Gasteiger partial charge in [0.05, 0.1) is 0 Å². The van der Waals surface area contributed by atoms with Crippen LogP contribution < -0.4 is 10.2 Å². The summed E-state index contributed by atoms with van der Waals surface area (Å²) in [7, 11) is 0. The molecule has 160 valence electrons. The molecule has 4 rings (SSSR count). The first-order chi connectivity index (χ1) is 14.0. The summed E-state index contributed by atoms with van der Waals surface area (Å²) in [5.41, 5.74) is 3.32. The van der Waals surface area contributed by atoms with Crippen LogP contribution in [0.1, 0.15) is 42.7 Å². The lowest BCUT2D eigenvalue weighted by Crippen LogP contribution is -2.34. The van der Waals surface area contributed by atoms with Crippen molar-refractivity contribution in [2.24, 2.45) is 0 Å². The van der Waals surface area contributed by atoms with E-state index in [0.717, 1.165) is 30.8 Å². The van der Waals surface area contributed by atoms with E-state index in [2.05, 4.69) is 59.6 Å². The van der Waals surface area contributed by atoms with Crippen molar-refractivity contribution in [3.63, 3.8) is 0 Å². The second-order valence-corrected chi connectivity index (χ2v) is 9.11. The second-order valence-electron chi connectivity index (χ2n) is 7.88. The standard InChI is InChI=1S/C24H28N2O2S.ClH/c1-17(23-9-5-7-20-6-3-4-8-24(20)23)25-21-14-15-26(16-21)22-12-10-19(11-13-22)18(2)29(27)28;/h3-13,17-18,21,25H,14-16H2,1-2H3,(H,27,28);1H/p-1/t17-,18?,21?;/m1./s1. The van der Waals surface area contributed by atoms with Gasteiger partial charge in [0.1, 0.15) is 0 Å².